The largest absolute Gasteiger partial charge is 0.329 e. The number of anilines is 1. The molecule has 0 saturated carbocycles. The van der Waals surface area contributed by atoms with Crippen LogP contribution in [0.2, 0.25) is 5.02 Å². The molecule has 0 aliphatic carbocycles. The van der Waals surface area contributed by atoms with Crippen molar-refractivity contribution in [2.75, 3.05) is 11.3 Å². The van der Waals surface area contributed by atoms with Gasteiger partial charge in [-0.1, -0.05) is 17.7 Å². The van der Waals surface area contributed by atoms with Crippen LogP contribution in [-0.4, -0.2) is 24.7 Å². The highest BCUT2D eigenvalue weighted by Crippen LogP contribution is 2.25. The monoisotopic (exact) mass is 314 g/mol. The lowest BCUT2D eigenvalue weighted by Gasteiger charge is -2.08. The van der Waals surface area contributed by atoms with E-state index in [4.69, 9.17) is 17.3 Å². The Labute approximate surface area is 122 Å². The van der Waals surface area contributed by atoms with E-state index in [0.717, 1.165) is 5.56 Å². The molecular weight excluding hydrogens is 300 g/mol. The Bertz CT molecular complexity index is 712. The summed E-state index contributed by atoms with van der Waals surface area (Å²) in [5.74, 6) is 0. The molecule has 0 saturated heterocycles. The van der Waals surface area contributed by atoms with Gasteiger partial charge in [-0.2, -0.15) is 5.10 Å². The van der Waals surface area contributed by atoms with Gasteiger partial charge in [-0.25, -0.2) is 8.42 Å². The molecule has 0 radical (unpaired) electrons. The van der Waals surface area contributed by atoms with Gasteiger partial charge in [0.15, 0.2) is 0 Å². The van der Waals surface area contributed by atoms with Crippen molar-refractivity contribution in [2.24, 2.45) is 5.73 Å². The summed E-state index contributed by atoms with van der Waals surface area (Å²) in [4.78, 5) is 0.0727. The topological polar surface area (TPSA) is 90.0 Å². The molecule has 2 aromatic rings. The average Bonchev–Trinajstić information content (AvgIpc) is 2.83. The van der Waals surface area contributed by atoms with E-state index in [1.165, 1.54) is 17.1 Å². The van der Waals surface area contributed by atoms with Gasteiger partial charge in [0.05, 0.1) is 23.5 Å². The first-order valence-corrected chi connectivity index (χ1v) is 7.80. The molecule has 0 atom stereocenters. The summed E-state index contributed by atoms with van der Waals surface area (Å²) < 4.78 is 28.4. The lowest BCUT2D eigenvalue weighted by molar-refractivity contribution is 0.599. The quantitative estimate of drug-likeness (QED) is 0.877. The number of sulfonamides is 1. The average molecular weight is 315 g/mol. The fourth-order valence-electron chi connectivity index (χ4n) is 1.66. The molecule has 0 aliphatic rings. The summed E-state index contributed by atoms with van der Waals surface area (Å²) in [6.45, 7) is 2.70. The fourth-order valence-corrected chi connectivity index (χ4v) is 2.90. The summed E-state index contributed by atoms with van der Waals surface area (Å²) in [7, 11) is -3.71. The zero-order valence-corrected chi connectivity index (χ0v) is 12.4. The molecule has 0 spiro atoms. The predicted molar refractivity (Wildman–Crippen MR) is 78.3 cm³/mol. The number of nitrogens with one attached hydrogen (secondary N) is 1. The van der Waals surface area contributed by atoms with Crippen molar-refractivity contribution in [1.82, 2.24) is 9.78 Å². The van der Waals surface area contributed by atoms with E-state index in [1.807, 2.05) is 6.92 Å². The minimum Gasteiger partial charge on any atom is -0.329 e. The van der Waals surface area contributed by atoms with Crippen molar-refractivity contribution in [3.05, 3.63) is 41.2 Å². The smallest absolute Gasteiger partial charge is 0.265 e. The summed E-state index contributed by atoms with van der Waals surface area (Å²) in [6, 6.07) is 5.12. The van der Waals surface area contributed by atoms with Crippen molar-refractivity contribution in [2.45, 2.75) is 18.4 Å². The zero-order chi connectivity index (χ0) is 14.8. The minimum atomic E-state index is -3.71. The zero-order valence-electron chi connectivity index (χ0n) is 10.9. The predicted octanol–water partition coefficient (Wildman–Crippen LogP) is 1.60. The Balaban J connectivity index is 2.28. The van der Waals surface area contributed by atoms with Gasteiger partial charge >= 0.3 is 0 Å². The summed E-state index contributed by atoms with van der Waals surface area (Å²) in [6.07, 6.45) is 2.71. The Morgan fingerprint density at radius 1 is 1.45 bits per heavy atom. The normalized spacial score (nSPS) is 11.6. The van der Waals surface area contributed by atoms with Gasteiger partial charge in [0.25, 0.3) is 10.0 Å². The Hall–Kier alpha value is -1.57. The molecule has 108 valence electrons. The molecule has 0 aliphatic heterocycles. The second kappa shape index (κ2) is 5.82. The lowest BCUT2D eigenvalue weighted by Crippen LogP contribution is -2.13. The van der Waals surface area contributed by atoms with Gasteiger partial charge in [-0.3, -0.25) is 9.40 Å². The van der Waals surface area contributed by atoms with Gasteiger partial charge in [0, 0.05) is 12.7 Å². The van der Waals surface area contributed by atoms with Crippen molar-refractivity contribution >= 4 is 27.3 Å². The van der Waals surface area contributed by atoms with Crippen LogP contribution in [0.15, 0.2) is 35.5 Å². The lowest BCUT2D eigenvalue weighted by atomic mass is 10.2. The molecular formula is C12H15ClN4O2S. The van der Waals surface area contributed by atoms with Crippen molar-refractivity contribution in [3.63, 3.8) is 0 Å². The number of halogens is 1. The molecule has 6 nitrogen and oxygen atoms in total. The third kappa shape index (κ3) is 3.30. The second-order valence-corrected chi connectivity index (χ2v) is 6.41. The van der Waals surface area contributed by atoms with Crippen molar-refractivity contribution in [3.8, 4) is 0 Å². The highest BCUT2D eigenvalue weighted by atomic mass is 35.5. The first kappa shape index (κ1) is 14.8. The molecule has 3 N–H and O–H groups in total. The number of benzene rings is 1. The second-order valence-electron chi connectivity index (χ2n) is 4.32. The number of hydrogen-bond acceptors (Lipinski definition) is 4. The minimum absolute atomic E-state index is 0.0727. The standard InChI is InChI=1S/C12H15ClN4O2S/c1-9-2-3-11(13)12(6-9)16-20(18,19)10-7-15-17(8-10)5-4-14/h2-3,6-8,16H,4-5,14H2,1H3. The van der Waals surface area contributed by atoms with E-state index in [1.54, 1.807) is 18.2 Å². The van der Waals surface area contributed by atoms with Crippen LogP contribution in [0.3, 0.4) is 0 Å². The van der Waals surface area contributed by atoms with E-state index in [2.05, 4.69) is 9.82 Å². The Morgan fingerprint density at radius 2 is 2.20 bits per heavy atom. The van der Waals surface area contributed by atoms with Gasteiger partial charge in [-0.15, -0.1) is 0 Å². The Morgan fingerprint density at radius 3 is 2.90 bits per heavy atom. The number of nitrogens with zero attached hydrogens (tertiary/aromatic N) is 2. The van der Waals surface area contributed by atoms with Crippen LogP contribution in [0.5, 0.6) is 0 Å². The van der Waals surface area contributed by atoms with Crippen molar-refractivity contribution in [1.29, 1.82) is 0 Å². The van der Waals surface area contributed by atoms with E-state index < -0.39 is 10.0 Å². The van der Waals surface area contributed by atoms with Crippen LogP contribution in [0.1, 0.15) is 5.56 Å². The van der Waals surface area contributed by atoms with E-state index in [0.29, 0.717) is 23.8 Å². The summed E-state index contributed by atoms with van der Waals surface area (Å²) in [5, 5.41) is 4.28. The third-order valence-electron chi connectivity index (χ3n) is 2.64. The van der Waals surface area contributed by atoms with E-state index in [9.17, 15) is 8.42 Å². The SMILES string of the molecule is Cc1ccc(Cl)c(NS(=O)(=O)c2cnn(CCN)c2)c1. The van der Waals surface area contributed by atoms with Crippen LogP contribution in [0, 0.1) is 6.92 Å². The molecule has 2 rings (SSSR count). The molecule has 1 heterocycles. The van der Waals surface area contributed by atoms with E-state index in [-0.39, 0.29) is 4.90 Å². The van der Waals surface area contributed by atoms with Crippen LogP contribution >= 0.6 is 11.6 Å². The molecule has 1 aromatic heterocycles. The maximum Gasteiger partial charge on any atom is 0.265 e. The van der Waals surface area contributed by atoms with E-state index >= 15 is 0 Å². The van der Waals surface area contributed by atoms with Gasteiger partial charge < -0.3 is 5.73 Å². The molecule has 0 fully saturated rings. The van der Waals surface area contributed by atoms with Crippen LogP contribution in [0.4, 0.5) is 5.69 Å². The van der Waals surface area contributed by atoms with Crippen molar-refractivity contribution < 1.29 is 8.42 Å². The molecule has 0 unspecified atom stereocenters. The molecule has 0 amide bonds. The maximum absolute atomic E-state index is 12.2. The first-order chi connectivity index (χ1) is 9.42. The highest BCUT2D eigenvalue weighted by Gasteiger charge is 2.18. The summed E-state index contributed by atoms with van der Waals surface area (Å²) in [5.41, 5.74) is 6.65. The number of rotatable bonds is 5. The number of aromatic nitrogens is 2. The van der Waals surface area contributed by atoms with Gasteiger partial charge in [0.1, 0.15) is 4.90 Å². The van der Waals surface area contributed by atoms with Crippen LogP contribution in [-0.2, 0) is 16.6 Å². The number of aryl methyl sites for hydroxylation is 1. The highest BCUT2D eigenvalue weighted by molar-refractivity contribution is 7.92. The van der Waals surface area contributed by atoms with Crippen LogP contribution < -0.4 is 10.5 Å². The van der Waals surface area contributed by atoms with Gasteiger partial charge in [-0.05, 0) is 24.6 Å². The Kier molecular flexibility index (Phi) is 4.32. The fraction of sp³-hybridized carbons (Fsp3) is 0.250. The van der Waals surface area contributed by atoms with Gasteiger partial charge in [0.2, 0.25) is 0 Å². The molecule has 0 bridgehead atoms. The maximum atomic E-state index is 12.2. The molecule has 1 aromatic carbocycles. The first-order valence-electron chi connectivity index (χ1n) is 5.94. The third-order valence-corrected chi connectivity index (χ3v) is 4.29. The van der Waals surface area contributed by atoms with Crippen LogP contribution in [0.25, 0.3) is 0 Å². The molecule has 8 heteroatoms. The number of hydrogen-bond donors (Lipinski definition) is 2. The number of nitrogens with two attached hydrogens (primary N) is 1. The molecule has 20 heavy (non-hydrogen) atoms. The summed E-state index contributed by atoms with van der Waals surface area (Å²) >= 11 is 5.98.